The van der Waals surface area contributed by atoms with Crippen LogP contribution in [0.25, 0.3) is 0 Å². The molecule has 0 aliphatic carbocycles. The largest absolute Gasteiger partial charge is 0.466 e. The second-order valence-corrected chi connectivity index (χ2v) is 3.21. The molecule has 1 unspecified atom stereocenters. The molecule has 0 saturated carbocycles. The Morgan fingerprint density at radius 3 is 2.60 bits per heavy atom. The van der Waals surface area contributed by atoms with E-state index in [0.717, 1.165) is 0 Å². The standard InChI is InChI=1S/C10H20O5/c1-13-6-3-7-15-10(12)5-4-9(11)8-14-2/h9,11H,3-8H2,1-2H3. The highest BCUT2D eigenvalue weighted by Crippen LogP contribution is 1.99. The van der Waals surface area contributed by atoms with Crippen LogP contribution in [0.5, 0.6) is 0 Å². The van der Waals surface area contributed by atoms with Crippen LogP contribution in [-0.2, 0) is 19.0 Å². The lowest BCUT2D eigenvalue weighted by molar-refractivity contribution is -0.144. The van der Waals surface area contributed by atoms with Crippen molar-refractivity contribution in [3.63, 3.8) is 0 Å². The Bertz CT molecular complexity index is 160. The zero-order chi connectivity index (χ0) is 11.5. The van der Waals surface area contributed by atoms with E-state index in [-0.39, 0.29) is 19.0 Å². The second-order valence-electron chi connectivity index (χ2n) is 3.21. The molecule has 15 heavy (non-hydrogen) atoms. The topological polar surface area (TPSA) is 65.0 Å². The number of ether oxygens (including phenoxy) is 3. The average Bonchev–Trinajstić information content (AvgIpc) is 2.22. The first-order valence-electron chi connectivity index (χ1n) is 5.02. The molecule has 90 valence electrons. The summed E-state index contributed by atoms with van der Waals surface area (Å²) in [5, 5.41) is 9.25. The summed E-state index contributed by atoms with van der Waals surface area (Å²) in [6.45, 7) is 1.20. The first kappa shape index (κ1) is 14.3. The molecule has 0 aliphatic heterocycles. The van der Waals surface area contributed by atoms with E-state index in [1.54, 1.807) is 7.11 Å². The van der Waals surface area contributed by atoms with Crippen molar-refractivity contribution in [1.82, 2.24) is 0 Å². The number of hydrogen-bond acceptors (Lipinski definition) is 5. The van der Waals surface area contributed by atoms with Gasteiger partial charge in [-0.15, -0.1) is 0 Å². The van der Waals surface area contributed by atoms with Crippen molar-refractivity contribution in [2.24, 2.45) is 0 Å². The van der Waals surface area contributed by atoms with Gasteiger partial charge in [0.25, 0.3) is 0 Å². The van der Waals surface area contributed by atoms with Crippen LogP contribution in [0.3, 0.4) is 0 Å². The van der Waals surface area contributed by atoms with E-state index < -0.39 is 6.10 Å². The van der Waals surface area contributed by atoms with Crippen molar-refractivity contribution in [3.8, 4) is 0 Å². The van der Waals surface area contributed by atoms with Gasteiger partial charge in [-0.1, -0.05) is 0 Å². The first-order chi connectivity index (χ1) is 7.20. The van der Waals surface area contributed by atoms with Gasteiger partial charge in [-0.2, -0.15) is 0 Å². The summed E-state index contributed by atoms with van der Waals surface area (Å²) in [7, 11) is 3.11. The van der Waals surface area contributed by atoms with E-state index in [0.29, 0.717) is 26.1 Å². The molecule has 1 N–H and O–H groups in total. The van der Waals surface area contributed by atoms with E-state index in [2.05, 4.69) is 0 Å². The normalized spacial score (nSPS) is 12.5. The number of aliphatic hydroxyl groups is 1. The van der Waals surface area contributed by atoms with E-state index in [4.69, 9.17) is 14.2 Å². The van der Waals surface area contributed by atoms with Gasteiger partial charge in [-0.05, 0) is 6.42 Å². The maximum atomic E-state index is 11.1. The van der Waals surface area contributed by atoms with Crippen molar-refractivity contribution >= 4 is 5.97 Å². The van der Waals surface area contributed by atoms with Crippen molar-refractivity contribution in [2.45, 2.75) is 25.4 Å². The van der Waals surface area contributed by atoms with Gasteiger partial charge in [0.1, 0.15) is 0 Å². The smallest absolute Gasteiger partial charge is 0.305 e. The molecule has 0 rings (SSSR count). The Labute approximate surface area is 90.3 Å². The molecule has 1 atom stereocenters. The summed E-state index contributed by atoms with van der Waals surface area (Å²) in [5.74, 6) is -0.291. The minimum absolute atomic E-state index is 0.220. The molecule has 0 aliphatic rings. The number of rotatable bonds is 9. The third kappa shape index (κ3) is 9.65. The third-order valence-electron chi connectivity index (χ3n) is 1.80. The minimum Gasteiger partial charge on any atom is -0.466 e. The summed E-state index contributed by atoms with van der Waals surface area (Å²) in [6, 6.07) is 0. The molecule has 0 aromatic heterocycles. The lowest BCUT2D eigenvalue weighted by atomic mass is 10.2. The van der Waals surface area contributed by atoms with Gasteiger partial charge in [0, 0.05) is 33.7 Å². The van der Waals surface area contributed by atoms with Crippen molar-refractivity contribution < 1.29 is 24.1 Å². The molecule has 0 aromatic carbocycles. The molecule has 0 aromatic rings. The van der Waals surface area contributed by atoms with Crippen LogP contribution in [0, 0.1) is 0 Å². The van der Waals surface area contributed by atoms with Crippen molar-refractivity contribution in [1.29, 1.82) is 0 Å². The van der Waals surface area contributed by atoms with Gasteiger partial charge < -0.3 is 19.3 Å². The van der Waals surface area contributed by atoms with Gasteiger partial charge in [0.2, 0.25) is 0 Å². The van der Waals surface area contributed by atoms with Crippen molar-refractivity contribution in [2.75, 3.05) is 34.0 Å². The van der Waals surface area contributed by atoms with Gasteiger partial charge in [0.05, 0.1) is 19.3 Å². The highest BCUT2D eigenvalue weighted by atomic mass is 16.5. The number of carbonyl (C=O) groups is 1. The van der Waals surface area contributed by atoms with Crippen LogP contribution in [-0.4, -0.2) is 51.2 Å². The van der Waals surface area contributed by atoms with Crippen LogP contribution in [0.2, 0.25) is 0 Å². The minimum atomic E-state index is -0.596. The molecule has 5 heteroatoms. The Morgan fingerprint density at radius 2 is 2.00 bits per heavy atom. The molecule has 0 spiro atoms. The average molecular weight is 220 g/mol. The van der Waals surface area contributed by atoms with Crippen LogP contribution in [0.15, 0.2) is 0 Å². The molecule has 0 bridgehead atoms. The fraction of sp³-hybridized carbons (Fsp3) is 0.900. The Hall–Kier alpha value is -0.650. The van der Waals surface area contributed by atoms with E-state index in [1.807, 2.05) is 0 Å². The summed E-state index contributed by atoms with van der Waals surface area (Å²) in [5.41, 5.74) is 0. The van der Waals surface area contributed by atoms with Gasteiger partial charge >= 0.3 is 5.97 Å². The highest BCUT2D eigenvalue weighted by molar-refractivity contribution is 5.69. The highest BCUT2D eigenvalue weighted by Gasteiger charge is 2.08. The van der Waals surface area contributed by atoms with Crippen LogP contribution < -0.4 is 0 Å². The molecule has 0 saturated heterocycles. The monoisotopic (exact) mass is 220 g/mol. The summed E-state index contributed by atoms with van der Waals surface area (Å²) in [6.07, 6.45) is 0.693. The number of esters is 1. The molecular formula is C10H20O5. The SMILES string of the molecule is COCCCOC(=O)CCC(O)COC. The lowest BCUT2D eigenvalue weighted by Crippen LogP contribution is -2.17. The van der Waals surface area contributed by atoms with E-state index >= 15 is 0 Å². The third-order valence-corrected chi connectivity index (χ3v) is 1.80. The molecule has 5 nitrogen and oxygen atoms in total. The maximum Gasteiger partial charge on any atom is 0.305 e. The molecule has 0 radical (unpaired) electrons. The Balaban J connectivity index is 3.32. The molecule has 0 heterocycles. The van der Waals surface area contributed by atoms with E-state index in [1.165, 1.54) is 7.11 Å². The summed E-state index contributed by atoms with van der Waals surface area (Å²) < 4.78 is 14.4. The summed E-state index contributed by atoms with van der Waals surface area (Å²) in [4.78, 5) is 11.1. The van der Waals surface area contributed by atoms with Crippen LogP contribution in [0.4, 0.5) is 0 Å². The van der Waals surface area contributed by atoms with E-state index in [9.17, 15) is 9.90 Å². The first-order valence-corrected chi connectivity index (χ1v) is 5.02. The predicted molar refractivity (Wildman–Crippen MR) is 54.6 cm³/mol. The summed E-state index contributed by atoms with van der Waals surface area (Å²) >= 11 is 0. The number of hydrogen-bond donors (Lipinski definition) is 1. The van der Waals surface area contributed by atoms with Gasteiger partial charge in [0.15, 0.2) is 0 Å². The molecule has 0 fully saturated rings. The Morgan fingerprint density at radius 1 is 1.27 bits per heavy atom. The van der Waals surface area contributed by atoms with Crippen LogP contribution >= 0.6 is 0 Å². The zero-order valence-corrected chi connectivity index (χ0v) is 9.40. The second kappa shape index (κ2) is 9.89. The quantitative estimate of drug-likeness (QED) is 0.449. The fourth-order valence-corrected chi connectivity index (χ4v) is 1.02. The lowest BCUT2D eigenvalue weighted by Gasteiger charge is -2.08. The molecular weight excluding hydrogens is 200 g/mol. The maximum absolute atomic E-state index is 11.1. The number of methoxy groups -OCH3 is 2. The fourth-order valence-electron chi connectivity index (χ4n) is 1.02. The van der Waals surface area contributed by atoms with Crippen LogP contribution in [0.1, 0.15) is 19.3 Å². The van der Waals surface area contributed by atoms with Crippen molar-refractivity contribution in [3.05, 3.63) is 0 Å². The predicted octanol–water partition coefficient (Wildman–Crippen LogP) is 0.354. The number of carbonyl (C=O) groups excluding carboxylic acids is 1. The number of aliphatic hydroxyl groups excluding tert-OH is 1. The molecule has 0 amide bonds. The zero-order valence-electron chi connectivity index (χ0n) is 9.40. The van der Waals surface area contributed by atoms with Gasteiger partial charge in [-0.25, -0.2) is 0 Å². The Kier molecular flexibility index (Phi) is 9.46. The van der Waals surface area contributed by atoms with Gasteiger partial charge in [-0.3, -0.25) is 4.79 Å².